The lowest BCUT2D eigenvalue weighted by Crippen LogP contribution is -2.54. The van der Waals surface area contributed by atoms with Gasteiger partial charge in [0.25, 0.3) is 5.91 Å². The Bertz CT molecular complexity index is 926. The van der Waals surface area contributed by atoms with Crippen molar-refractivity contribution in [2.75, 3.05) is 65.6 Å². The molecule has 0 bridgehead atoms. The van der Waals surface area contributed by atoms with E-state index in [0.29, 0.717) is 56.7 Å². The molecule has 2 heterocycles. The minimum absolute atomic E-state index is 0.0773. The maximum absolute atomic E-state index is 12.6. The fourth-order valence-corrected chi connectivity index (χ4v) is 4.15. The van der Waals surface area contributed by atoms with Crippen LogP contribution in [0.4, 0.5) is 0 Å². The minimum Gasteiger partial charge on any atom is -0.482 e. The van der Waals surface area contributed by atoms with Gasteiger partial charge in [-0.2, -0.15) is 0 Å². The summed E-state index contributed by atoms with van der Waals surface area (Å²) < 4.78 is 11.0. The van der Waals surface area contributed by atoms with E-state index in [9.17, 15) is 9.59 Å². The van der Waals surface area contributed by atoms with E-state index in [4.69, 9.17) is 21.1 Å². The summed E-state index contributed by atoms with van der Waals surface area (Å²) in [5.74, 6) is 0.494. The lowest BCUT2D eigenvalue weighted by molar-refractivity contribution is -0.141. The Morgan fingerprint density at radius 1 is 0.844 bits per heavy atom. The molecule has 32 heavy (non-hydrogen) atoms. The van der Waals surface area contributed by atoms with Crippen LogP contribution in [0.5, 0.6) is 5.75 Å². The third-order valence-corrected chi connectivity index (χ3v) is 6.13. The predicted octanol–water partition coefficient (Wildman–Crippen LogP) is 2.39. The van der Waals surface area contributed by atoms with Gasteiger partial charge in [0.15, 0.2) is 6.61 Å². The molecular weight excluding hydrogens is 430 g/mol. The van der Waals surface area contributed by atoms with Crippen molar-refractivity contribution in [1.82, 2.24) is 14.7 Å². The molecular formula is C24H28ClN3O4. The summed E-state index contributed by atoms with van der Waals surface area (Å²) in [4.78, 5) is 30.8. The van der Waals surface area contributed by atoms with Gasteiger partial charge in [-0.1, -0.05) is 48.0 Å². The van der Waals surface area contributed by atoms with Crippen molar-refractivity contribution >= 4 is 23.4 Å². The van der Waals surface area contributed by atoms with Crippen LogP contribution in [0.3, 0.4) is 0 Å². The highest BCUT2D eigenvalue weighted by Crippen LogP contribution is 2.30. The molecule has 0 spiro atoms. The predicted molar refractivity (Wildman–Crippen MR) is 123 cm³/mol. The van der Waals surface area contributed by atoms with Crippen molar-refractivity contribution in [3.63, 3.8) is 0 Å². The van der Waals surface area contributed by atoms with Crippen molar-refractivity contribution in [3.05, 3.63) is 53.6 Å². The topological polar surface area (TPSA) is 62.3 Å². The van der Waals surface area contributed by atoms with Crippen LogP contribution in [0.25, 0.3) is 11.1 Å². The van der Waals surface area contributed by atoms with Gasteiger partial charge in [0, 0.05) is 39.3 Å². The lowest BCUT2D eigenvalue weighted by atomic mass is 10.1. The standard InChI is InChI=1S/C24H28ClN3O4/c25-21-16-20(19-4-2-1-3-5-19)6-7-22(21)32-18-24(30)28-10-8-27(9-11-28)23(29)17-26-12-14-31-15-13-26/h1-7,16H,8-15,17-18H2. The van der Waals surface area contributed by atoms with E-state index in [-0.39, 0.29) is 18.4 Å². The normalized spacial score (nSPS) is 17.3. The second kappa shape index (κ2) is 10.8. The number of nitrogens with zero attached hydrogens (tertiary/aromatic N) is 3. The zero-order chi connectivity index (χ0) is 22.3. The van der Waals surface area contributed by atoms with Gasteiger partial charge in [0.2, 0.25) is 5.91 Å². The zero-order valence-electron chi connectivity index (χ0n) is 18.0. The molecule has 0 saturated carbocycles. The Morgan fingerprint density at radius 2 is 1.50 bits per heavy atom. The summed E-state index contributed by atoms with van der Waals surface area (Å²) in [6, 6.07) is 15.5. The zero-order valence-corrected chi connectivity index (χ0v) is 18.8. The molecule has 0 unspecified atom stereocenters. The molecule has 2 fully saturated rings. The molecule has 2 aromatic carbocycles. The molecule has 0 N–H and O–H groups in total. The monoisotopic (exact) mass is 457 g/mol. The van der Waals surface area contributed by atoms with Crippen LogP contribution < -0.4 is 4.74 Å². The number of carbonyl (C=O) groups is 2. The number of carbonyl (C=O) groups excluding carboxylic acids is 2. The van der Waals surface area contributed by atoms with E-state index in [1.807, 2.05) is 47.4 Å². The van der Waals surface area contributed by atoms with Gasteiger partial charge < -0.3 is 19.3 Å². The van der Waals surface area contributed by atoms with E-state index in [2.05, 4.69) is 4.90 Å². The lowest BCUT2D eigenvalue weighted by Gasteiger charge is -2.36. The maximum atomic E-state index is 12.6. The number of amides is 2. The average molecular weight is 458 g/mol. The highest BCUT2D eigenvalue weighted by molar-refractivity contribution is 6.32. The molecule has 2 saturated heterocycles. The Kier molecular flexibility index (Phi) is 7.63. The number of piperazine rings is 1. The van der Waals surface area contributed by atoms with Gasteiger partial charge in [0.1, 0.15) is 5.75 Å². The summed E-state index contributed by atoms with van der Waals surface area (Å²) in [6.07, 6.45) is 0. The number of rotatable bonds is 6. The summed E-state index contributed by atoms with van der Waals surface area (Å²) in [5, 5.41) is 0.470. The number of hydrogen-bond donors (Lipinski definition) is 0. The van der Waals surface area contributed by atoms with Crippen molar-refractivity contribution < 1.29 is 19.1 Å². The Balaban J connectivity index is 1.23. The first-order valence-electron chi connectivity index (χ1n) is 10.9. The van der Waals surface area contributed by atoms with Crippen molar-refractivity contribution in [3.8, 4) is 16.9 Å². The molecule has 8 heteroatoms. The first kappa shape index (κ1) is 22.6. The number of ether oxygens (including phenoxy) is 2. The molecule has 2 amide bonds. The third-order valence-electron chi connectivity index (χ3n) is 5.84. The molecule has 170 valence electrons. The van der Waals surface area contributed by atoms with Gasteiger partial charge in [-0.25, -0.2) is 0 Å². The van der Waals surface area contributed by atoms with Gasteiger partial charge in [-0.05, 0) is 23.3 Å². The molecule has 2 aliphatic heterocycles. The number of morpholine rings is 1. The van der Waals surface area contributed by atoms with Crippen LogP contribution in [-0.4, -0.2) is 92.1 Å². The third kappa shape index (κ3) is 5.79. The van der Waals surface area contributed by atoms with Gasteiger partial charge in [-0.15, -0.1) is 0 Å². The highest BCUT2D eigenvalue weighted by Gasteiger charge is 2.26. The fourth-order valence-electron chi connectivity index (χ4n) is 3.91. The highest BCUT2D eigenvalue weighted by atomic mass is 35.5. The largest absolute Gasteiger partial charge is 0.482 e. The second-order valence-corrected chi connectivity index (χ2v) is 8.36. The van der Waals surface area contributed by atoms with Crippen LogP contribution in [0.15, 0.2) is 48.5 Å². The first-order valence-corrected chi connectivity index (χ1v) is 11.3. The number of halogens is 1. The molecule has 4 rings (SSSR count). The Labute approximate surface area is 193 Å². The van der Waals surface area contributed by atoms with Crippen LogP contribution >= 0.6 is 11.6 Å². The SMILES string of the molecule is O=C(COc1ccc(-c2ccccc2)cc1Cl)N1CCN(C(=O)CN2CCOCC2)CC1. The summed E-state index contributed by atoms with van der Waals surface area (Å²) in [7, 11) is 0. The quantitative estimate of drug-likeness (QED) is 0.666. The summed E-state index contributed by atoms with van der Waals surface area (Å²) in [6.45, 7) is 5.37. The van der Waals surface area contributed by atoms with E-state index >= 15 is 0 Å². The van der Waals surface area contributed by atoms with Gasteiger partial charge in [-0.3, -0.25) is 14.5 Å². The molecule has 0 aromatic heterocycles. The summed E-state index contributed by atoms with van der Waals surface area (Å²) >= 11 is 6.38. The Morgan fingerprint density at radius 3 is 2.16 bits per heavy atom. The average Bonchev–Trinajstić information content (AvgIpc) is 2.84. The van der Waals surface area contributed by atoms with E-state index in [0.717, 1.165) is 24.2 Å². The fraction of sp³-hybridized carbons (Fsp3) is 0.417. The van der Waals surface area contributed by atoms with E-state index in [1.54, 1.807) is 11.0 Å². The molecule has 0 radical (unpaired) electrons. The smallest absolute Gasteiger partial charge is 0.260 e. The minimum atomic E-state index is -0.103. The summed E-state index contributed by atoms with van der Waals surface area (Å²) in [5.41, 5.74) is 2.06. The second-order valence-electron chi connectivity index (χ2n) is 7.95. The molecule has 2 aromatic rings. The van der Waals surface area contributed by atoms with Crippen LogP contribution in [0, 0.1) is 0 Å². The molecule has 0 aliphatic carbocycles. The van der Waals surface area contributed by atoms with Crippen LogP contribution in [0.1, 0.15) is 0 Å². The molecule has 7 nitrogen and oxygen atoms in total. The van der Waals surface area contributed by atoms with Crippen LogP contribution in [0.2, 0.25) is 5.02 Å². The molecule has 2 aliphatic rings. The van der Waals surface area contributed by atoms with Crippen molar-refractivity contribution in [1.29, 1.82) is 0 Å². The van der Waals surface area contributed by atoms with E-state index in [1.165, 1.54) is 0 Å². The van der Waals surface area contributed by atoms with E-state index < -0.39 is 0 Å². The number of hydrogen-bond acceptors (Lipinski definition) is 5. The van der Waals surface area contributed by atoms with Crippen molar-refractivity contribution in [2.24, 2.45) is 0 Å². The maximum Gasteiger partial charge on any atom is 0.260 e. The number of benzene rings is 2. The molecule has 0 atom stereocenters. The van der Waals surface area contributed by atoms with Gasteiger partial charge >= 0.3 is 0 Å². The first-order chi connectivity index (χ1) is 15.6. The Hall–Kier alpha value is -2.61. The van der Waals surface area contributed by atoms with Crippen molar-refractivity contribution in [2.45, 2.75) is 0 Å². The van der Waals surface area contributed by atoms with Crippen LogP contribution in [-0.2, 0) is 14.3 Å². The van der Waals surface area contributed by atoms with Gasteiger partial charge in [0.05, 0.1) is 24.8 Å².